The monoisotopic (exact) mass is 717 g/mol. The van der Waals surface area contributed by atoms with Gasteiger partial charge in [-0.2, -0.15) is 23.4 Å². The number of alkyl halides is 3. The van der Waals surface area contributed by atoms with E-state index in [0.29, 0.717) is 6.42 Å². The first-order chi connectivity index (χ1) is 19.9. The van der Waals surface area contributed by atoms with Gasteiger partial charge in [0, 0.05) is 24.8 Å². The van der Waals surface area contributed by atoms with Crippen molar-refractivity contribution in [3.05, 3.63) is 91.8 Å². The smallest absolute Gasteiger partial charge is 0.391 e. The molecule has 2 N–H and O–H groups in total. The zero-order valence-electron chi connectivity index (χ0n) is 22.7. The lowest BCUT2D eigenvalue weighted by atomic mass is 9.89. The van der Waals surface area contributed by atoms with Crippen LogP contribution in [0.4, 0.5) is 13.2 Å². The van der Waals surface area contributed by atoms with Gasteiger partial charge in [-0.1, -0.05) is 41.9 Å². The number of benzene rings is 2. The lowest BCUT2D eigenvalue weighted by Gasteiger charge is -2.45. The van der Waals surface area contributed by atoms with Crippen molar-refractivity contribution in [1.82, 2.24) is 24.5 Å². The second-order valence-electron chi connectivity index (χ2n) is 10.1. The van der Waals surface area contributed by atoms with Crippen molar-refractivity contribution in [2.24, 2.45) is 0 Å². The molecule has 4 aromatic rings. The molecule has 2 aromatic heterocycles. The molecular weight excluding hydrogens is 690 g/mol. The third-order valence-electron chi connectivity index (χ3n) is 7.14. The van der Waals surface area contributed by atoms with Crippen LogP contribution in [0.1, 0.15) is 47.5 Å². The number of rotatable bonds is 7. The molecule has 1 aliphatic rings. The largest absolute Gasteiger partial charge is 0.418 e. The molecule has 9 nitrogen and oxygen atoms in total. The van der Waals surface area contributed by atoms with Crippen molar-refractivity contribution in [3.63, 3.8) is 0 Å². The van der Waals surface area contributed by atoms with Crippen LogP contribution in [0.5, 0.6) is 0 Å². The van der Waals surface area contributed by atoms with E-state index in [2.05, 4.69) is 32.7 Å². The first-order valence-corrected chi connectivity index (χ1v) is 14.5. The molecule has 0 bridgehead atoms. The van der Waals surface area contributed by atoms with Gasteiger partial charge in [-0.3, -0.25) is 4.68 Å². The topological polar surface area (TPSA) is 107 Å². The van der Waals surface area contributed by atoms with Crippen LogP contribution in [0, 0.1) is 10.5 Å². The summed E-state index contributed by atoms with van der Waals surface area (Å²) in [6.07, 6.45) is -8.12. The van der Waals surface area contributed by atoms with Crippen molar-refractivity contribution in [3.8, 4) is 5.69 Å². The highest BCUT2D eigenvalue weighted by Crippen LogP contribution is 2.42. The molecule has 0 amide bonds. The standard InChI is InChI=1S/C28H28ClF3IN5O4/c1-14(39)24-25(41-3)22(37-13-19(33)20(36-37)11-16-7-5-4-6-8-16)23(40)26(42-24)27-34-15(2)35-38(27)21-12-17(29)9-10-18(21)28(30,31)32/h4-10,12-14,22-26,39-40H,11H2,1-3H3/t14?,22?,23?,24?,25-,26-/m1/s1. The maximum atomic E-state index is 14.0. The lowest BCUT2D eigenvalue weighted by molar-refractivity contribution is -0.230. The Balaban J connectivity index is 1.61. The predicted octanol–water partition coefficient (Wildman–Crippen LogP) is 5.08. The van der Waals surface area contributed by atoms with Crippen LogP contribution in [0.25, 0.3) is 5.69 Å². The van der Waals surface area contributed by atoms with Gasteiger partial charge in [0.1, 0.15) is 36.3 Å². The number of aliphatic hydroxyl groups is 2. The fraction of sp³-hybridized carbons (Fsp3) is 0.393. The first kappa shape index (κ1) is 30.9. The summed E-state index contributed by atoms with van der Waals surface area (Å²) in [5.74, 6) is 0.0519. The number of nitrogens with zero attached hydrogens (tertiary/aromatic N) is 5. The van der Waals surface area contributed by atoms with E-state index in [-0.39, 0.29) is 22.4 Å². The maximum Gasteiger partial charge on any atom is 0.418 e. The summed E-state index contributed by atoms with van der Waals surface area (Å²) >= 11 is 8.26. The zero-order chi connectivity index (χ0) is 30.3. The Bertz CT molecular complexity index is 1550. The summed E-state index contributed by atoms with van der Waals surface area (Å²) in [7, 11) is 1.43. The molecule has 0 aliphatic carbocycles. The Kier molecular flexibility index (Phi) is 8.98. The molecule has 4 unspecified atom stereocenters. The predicted molar refractivity (Wildman–Crippen MR) is 155 cm³/mol. The van der Waals surface area contributed by atoms with Crippen LogP contribution in [-0.4, -0.2) is 66.3 Å². The summed E-state index contributed by atoms with van der Waals surface area (Å²) in [4.78, 5) is 4.37. The molecule has 6 atom stereocenters. The van der Waals surface area contributed by atoms with E-state index < -0.39 is 48.3 Å². The van der Waals surface area contributed by atoms with Crippen molar-refractivity contribution < 1.29 is 32.9 Å². The Morgan fingerprint density at radius 3 is 2.52 bits per heavy atom. The van der Waals surface area contributed by atoms with Gasteiger partial charge in [-0.15, -0.1) is 0 Å². The summed E-state index contributed by atoms with van der Waals surface area (Å²) in [6.45, 7) is 3.02. The third-order valence-corrected chi connectivity index (χ3v) is 8.27. The van der Waals surface area contributed by atoms with Gasteiger partial charge in [-0.05, 0) is 60.2 Å². The van der Waals surface area contributed by atoms with Crippen LogP contribution in [0.2, 0.25) is 5.02 Å². The maximum absolute atomic E-state index is 14.0. The number of aliphatic hydroxyl groups excluding tert-OH is 2. The van der Waals surface area contributed by atoms with E-state index in [1.54, 1.807) is 10.9 Å². The van der Waals surface area contributed by atoms with Crippen LogP contribution >= 0.6 is 34.2 Å². The quantitative estimate of drug-likeness (QED) is 0.257. The Morgan fingerprint density at radius 2 is 1.88 bits per heavy atom. The van der Waals surface area contributed by atoms with E-state index in [9.17, 15) is 23.4 Å². The van der Waals surface area contributed by atoms with E-state index >= 15 is 0 Å². The fourth-order valence-electron chi connectivity index (χ4n) is 5.26. The molecule has 1 fully saturated rings. The summed E-state index contributed by atoms with van der Waals surface area (Å²) in [5, 5.41) is 31.5. The summed E-state index contributed by atoms with van der Waals surface area (Å²) in [6, 6.07) is 12.0. The van der Waals surface area contributed by atoms with Crippen LogP contribution in [-0.2, 0) is 22.1 Å². The minimum absolute atomic E-state index is 0.0541. The van der Waals surface area contributed by atoms with Gasteiger partial charge in [0.25, 0.3) is 0 Å². The molecule has 0 saturated carbocycles. The highest BCUT2D eigenvalue weighted by Gasteiger charge is 2.51. The average Bonchev–Trinajstić information content (AvgIpc) is 3.49. The Hall–Kier alpha value is -2.56. The third kappa shape index (κ3) is 6.08. The zero-order valence-corrected chi connectivity index (χ0v) is 25.6. The molecule has 0 radical (unpaired) electrons. The highest BCUT2D eigenvalue weighted by atomic mass is 127. The number of hydrogen-bond donors (Lipinski definition) is 2. The molecular formula is C28H28ClF3IN5O4. The van der Waals surface area contributed by atoms with Crippen LogP contribution < -0.4 is 0 Å². The van der Waals surface area contributed by atoms with Gasteiger partial charge < -0.3 is 19.7 Å². The Morgan fingerprint density at radius 1 is 1.17 bits per heavy atom. The molecule has 5 rings (SSSR count). The van der Waals surface area contributed by atoms with Crippen molar-refractivity contribution >= 4 is 34.2 Å². The van der Waals surface area contributed by atoms with Crippen LogP contribution in [0.3, 0.4) is 0 Å². The van der Waals surface area contributed by atoms with Gasteiger partial charge in [0.2, 0.25) is 0 Å². The number of halogens is 5. The van der Waals surface area contributed by atoms with E-state index in [4.69, 9.17) is 26.2 Å². The Labute approximate surface area is 258 Å². The number of ether oxygens (including phenoxy) is 2. The number of methoxy groups -OCH3 is 1. The van der Waals surface area contributed by atoms with Gasteiger partial charge in [0.15, 0.2) is 5.82 Å². The number of aromatic nitrogens is 5. The van der Waals surface area contributed by atoms with Gasteiger partial charge in [-0.25, -0.2) is 9.67 Å². The van der Waals surface area contributed by atoms with E-state index in [1.165, 1.54) is 21.0 Å². The van der Waals surface area contributed by atoms with Crippen molar-refractivity contribution in [1.29, 1.82) is 0 Å². The molecule has 1 saturated heterocycles. The molecule has 14 heteroatoms. The summed E-state index contributed by atoms with van der Waals surface area (Å²) < 4.78 is 57.3. The average molecular weight is 718 g/mol. The highest BCUT2D eigenvalue weighted by molar-refractivity contribution is 14.1. The summed E-state index contributed by atoms with van der Waals surface area (Å²) in [5.41, 5.74) is 0.433. The first-order valence-electron chi connectivity index (χ1n) is 13.0. The van der Waals surface area contributed by atoms with Gasteiger partial charge in [0.05, 0.1) is 26.6 Å². The van der Waals surface area contributed by atoms with E-state index in [1.807, 2.05) is 30.3 Å². The fourth-order valence-corrected chi connectivity index (χ4v) is 6.01. The van der Waals surface area contributed by atoms with Crippen molar-refractivity contribution in [2.75, 3.05) is 7.11 Å². The van der Waals surface area contributed by atoms with E-state index in [0.717, 1.165) is 37.7 Å². The molecule has 0 spiro atoms. The molecule has 224 valence electrons. The molecule has 2 aromatic carbocycles. The minimum Gasteiger partial charge on any atom is -0.391 e. The van der Waals surface area contributed by atoms with Crippen molar-refractivity contribution in [2.45, 2.75) is 63.0 Å². The molecule has 42 heavy (non-hydrogen) atoms. The number of hydrogen-bond acceptors (Lipinski definition) is 7. The molecule has 1 aliphatic heterocycles. The lowest BCUT2D eigenvalue weighted by Crippen LogP contribution is -2.56. The van der Waals surface area contributed by atoms with Crippen LogP contribution in [0.15, 0.2) is 54.7 Å². The normalized spacial score (nSPS) is 23.7. The second-order valence-corrected chi connectivity index (χ2v) is 11.7. The number of aryl methyl sites for hydroxylation is 1. The molecule has 3 heterocycles. The van der Waals surface area contributed by atoms with Gasteiger partial charge >= 0.3 is 6.18 Å². The second kappa shape index (κ2) is 12.2. The minimum atomic E-state index is -4.73. The SMILES string of the molecule is CO[C@H]1C(C(C)O)O[C@@H](c2nc(C)nn2-c2cc(Cl)ccc2C(F)(F)F)C(O)C1n1cc(I)c(Cc2ccccc2)n1.